The summed E-state index contributed by atoms with van der Waals surface area (Å²) in [5.74, 6) is 0.238. The lowest BCUT2D eigenvalue weighted by Gasteiger charge is -2.18. The summed E-state index contributed by atoms with van der Waals surface area (Å²) in [6, 6.07) is 0.129. The van der Waals surface area contributed by atoms with Gasteiger partial charge in [0.2, 0.25) is 0 Å². The SMILES string of the molecule is CC(C)C(CBr)NC(=O)c1csnn1. The third-order valence-corrected chi connectivity index (χ3v) is 3.08. The van der Waals surface area contributed by atoms with Gasteiger partial charge in [-0.15, -0.1) is 5.10 Å². The predicted molar refractivity (Wildman–Crippen MR) is 59.8 cm³/mol. The number of carbonyl (C=O) groups excluding carboxylic acids is 1. The zero-order valence-electron chi connectivity index (χ0n) is 8.03. The molecule has 1 rings (SSSR count). The molecule has 4 nitrogen and oxygen atoms in total. The van der Waals surface area contributed by atoms with Crippen LogP contribution in [-0.4, -0.2) is 26.9 Å². The van der Waals surface area contributed by atoms with Crippen molar-refractivity contribution in [3.63, 3.8) is 0 Å². The second kappa shape index (κ2) is 5.41. The summed E-state index contributed by atoms with van der Waals surface area (Å²) in [4.78, 5) is 11.6. The summed E-state index contributed by atoms with van der Waals surface area (Å²) < 4.78 is 3.64. The Bertz CT molecular complexity index is 289. The molecular formula is C8H12BrN3OS. The number of nitrogens with zero attached hydrogens (tertiary/aromatic N) is 2. The Hall–Kier alpha value is -0.490. The molecule has 0 fully saturated rings. The number of amides is 1. The van der Waals surface area contributed by atoms with E-state index in [4.69, 9.17) is 0 Å². The number of hydrogen-bond donors (Lipinski definition) is 1. The van der Waals surface area contributed by atoms with Crippen LogP contribution >= 0.6 is 27.5 Å². The van der Waals surface area contributed by atoms with E-state index in [1.54, 1.807) is 5.38 Å². The minimum Gasteiger partial charge on any atom is -0.347 e. The third-order valence-electron chi connectivity index (χ3n) is 1.88. The van der Waals surface area contributed by atoms with Crippen LogP contribution in [-0.2, 0) is 0 Å². The molecule has 0 aliphatic carbocycles. The first-order valence-electron chi connectivity index (χ1n) is 4.29. The van der Waals surface area contributed by atoms with E-state index in [9.17, 15) is 4.79 Å². The fraction of sp³-hybridized carbons (Fsp3) is 0.625. The second-order valence-corrected chi connectivity index (χ2v) is 4.53. The van der Waals surface area contributed by atoms with Crippen LogP contribution in [0.25, 0.3) is 0 Å². The van der Waals surface area contributed by atoms with Gasteiger partial charge in [-0.25, -0.2) is 0 Å². The average Bonchev–Trinajstić information content (AvgIpc) is 2.65. The van der Waals surface area contributed by atoms with Gasteiger partial charge < -0.3 is 5.32 Å². The van der Waals surface area contributed by atoms with Gasteiger partial charge in [-0.05, 0) is 17.5 Å². The predicted octanol–water partition coefficient (Wildman–Crippen LogP) is 1.69. The maximum Gasteiger partial charge on any atom is 0.272 e. The molecule has 1 aromatic rings. The normalized spacial score (nSPS) is 12.9. The lowest BCUT2D eigenvalue weighted by Crippen LogP contribution is -2.39. The minimum atomic E-state index is -0.156. The van der Waals surface area contributed by atoms with Gasteiger partial charge in [0.1, 0.15) is 0 Å². The molecule has 0 radical (unpaired) electrons. The molecule has 1 heterocycles. The van der Waals surface area contributed by atoms with Crippen molar-refractivity contribution in [2.24, 2.45) is 5.92 Å². The van der Waals surface area contributed by atoms with Gasteiger partial charge in [-0.1, -0.05) is 34.3 Å². The van der Waals surface area contributed by atoms with E-state index in [1.165, 1.54) is 11.5 Å². The Morgan fingerprint density at radius 3 is 2.86 bits per heavy atom. The number of alkyl halides is 1. The summed E-state index contributed by atoms with van der Waals surface area (Å²) in [5.41, 5.74) is 0.390. The van der Waals surface area contributed by atoms with Crippen molar-refractivity contribution in [2.75, 3.05) is 5.33 Å². The third kappa shape index (κ3) is 3.02. The molecule has 0 aromatic carbocycles. The zero-order valence-corrected chi connectivity index (χ0v) is 10.4. The van der Waals surface area contributed by atoms with Crippen LogP contribution in [0, 0.1) is 5.92 Å². The molecule has 1 atom stereocenters. The standard InChI is InChI=1S/C8H12BrN3OS/c1-5(2)6(3-9)10-8(13)7-4-14-12-11-7/h4-6H,3H2,1-2H3,(H,10,13). The van der Waals surface area contributed by atoms with Crippen LogP contribution in [0.3, 0.4) is 0 Å². The lowest BCUT2D eigenvalue weighted by atomic mass is 10.1. The van der Waals surface area contributed by atoms with E-state index in [2.05, 4.69) is 44.7 Å². The van der Waals surface area contributed by atoms with Gasteiger partial charge in [0.15, 0.2) is 5.69 Å². The molecule has 0 bridgehead atoms. The minimum absolute atomic E-state index is 0.129. The van der Waals surface area contributed by atoms with Crippen LogP contribution < -0.4 is 5.32 Å². The molecule has 78 valence electrons. The van der Waals surface area contributed by atoms with Crippen LogP contribution in [0.4, 0.5) is 0 Å². The Morgan fingerprint density at radius 1 is 1.71 bits per heavy atom. The first-order valence-corrected chi connectivity index (χ1v) is 6.24. The summed E-state index contributed by atoms with van der Waals surface area (Å²) in [7, 11) is 0. The van der Waals surface area contributed by atoms with Gasteiger partial charge in [-0.2, -0.15) is 0 Å². The molecule has 0 saturated heterocycles. The maximum atomic E-state index is 11.6. The summed E-state index contributed by atoms with van der Waals surface area (Å²) in [5, 5.41) is 8.97. The van der Waals surface area contributed by atoms with Crippen LogP contribution in [0.2, 0.25) is 0 Å². The van der Waals surface area contributed by atoms with Crippen molar-refractivity contribution in [3.8, 4) is 0 Å². The second-order valence-electron chi connectivity index (χ2n) is 3.27. The van der Waals surface area contributed by atoms with Crippen molar-refractivity contribution in [1.82, 2.24) is 14.9 Å². The smallest absolute Gasteiger partial charge is 0.272 e. The highest BCUT2D eigenvalue weighted by Crippen LogP contribution is 2.06. The molecule has 0 spiro atoms. The largest absolute Gasteiger partial charge is 0.347 e. The highest BCUT2D eigenvalue weighted by molar-refractivity contribution is 9.09. The van der Waals surface area contributed by atoms with Crippen molar-refractivity contribution in [1.29, 1.82) is 0 Å². The van der Waals surface area contributed by atoms with Gasteiger partial charge in [0.25, 0.3) is 5.91 Å². The van der Waals surface area contributed by atoms with E-state index in [-0.39, 0.29) is 11.9 Å². The Kier molecular flexibility index (Phi) is 4.47. The van der Waals surface area contributed by atoms with Crippen molar-refractivity contribution in [3.05, 3.63) is 11.1 Å². The zero-order chi connectivity index (χ0) is 10.6. The fourth-order valence-corrected chi connectivity index (χ4v) is 2.24. The van der Waals surface area contributed by atoms with Gasteiger partial charge in [0.05, 0.1) is 0 Å². The Labute approximate surface area is 95.4 Å². The molecular weight excluding hydrogens is 266 g/mol. The molecule has 0 aliphatic rings. The topological polar surface area (TPSA) is 54.9 Å². The number of nitrogens with one attached hydrogen (secondary N) is 1. The van der Waals surface area contributed by atoms with Crippen molar-refractivity contribution >= 4 is 33.4 Å². The maximum absolute atomic E-state index is 11.6. The molecule has 0 aliphatic heterocycles. The van der Waals surface area contributed by atoms with Gasteiger partial charge >= 0.3 is 0 Å². The number of rotatable bonds is 4. The molecule has 1 aromatic heterocycles. The number of hydrogen-bond acceptors (Lipinski definition) is 4. The molecule has 0 saturated carbocycles. The fourth-order valence-electron chi connectivity index (χ4n) is 0.889. The highest BCUT2D eigenvalue weighted by atomic mass is 79.9. The van der Waals surface area contributed by atoms with Crippen molar-refractivity contribution < 1.29 is 4.79 Å². The van der Waals surface area contributed by atoms with E-state index < -0.39 is 0 Å². The molecule has 6 heteroatoms. The Morgan fingerprint density at radius 2 is 2.43 bits per heavy atom. The molecule has 14 heavy (non-hydrogen) atoms. The lowest BCUT2D eigenvalue weighted by molar-refractivity contribution is 0.0926. The average molecular weight is 278 g/mol. The van der Waals surface area contributed by atoms with E-state index >= 15 is 0 Å². The summed E-state index contributed by atoms with van der Waals surface area (Å²) in [6.07, 6.45) is 0. The van der Waals surface area contributed by atoms with E-state index in [0.29, 0.717) is 11.6 Å². The first kappa shape index (κ1) is 11.6. The van der Waals surface area contributed by atoms with Crippen LogP contribution in [0.15, 0.2) is 5.38 Å². The summed E-state index contributed by atoms with van der Waals surface area (Å²) >= 11 is 4.54. The number of aromatic nitrogens is 2. The first-order chi connectivity index (χ1) is 6.65. The van der Waals surface area contributed by atoms with Crippen molar-refractivity contribution in [2.45, 2.75) is 19.9 Å². The summed E-state index contributed by atoms with van der Waals surface area (Å²) in [6.45, 7) is 4.12. The van der Waals surface area contributed by atoms with E-state index in [0.717, 1.165) is 5.33 Å². The highest BCUT2D eigenvalue weighted by Gasteiger charge is 2.17. The van der Waals surface area contributed by atoms with Gasteiger partial charge in [-0.3, -0.25) is 4.79 Å². The molecule has 1 N–H and O–H groups in total. The van der Waals surface area contributed by atoms with Gasteiger partial charge in [0, 0.05) is 16.8 Å². The number of halogens is 1. The van der Waals surface area contributed by atoms with Crippen LogP contribution in [0.5, 0.6) is 0 Å². The Balaban J connectivity index is 2.56. The molecule has 1 unspecified atom stereocenters. The molecule has 1 amide bonds. The van der Waals surface area contributed by atoms with Crippen LogP contribution in [0.1, 0.15) is 24.3 Å². The monoisotopic (exact) mass is 277 g/mol. The number of carbonyl (C=O) groups is 1. The quantitative estimate of drug-likeness (QED) is 0.853. The van der Waals surface area contributed by atoms with E-state index in [1.807, 2.05) is 0 Å².